The minimum atomic E-state index is -0.413. The van der Waals surface area contributed by atoms with Gasteiger partial charge in [-0.25, -0.2) is 0 Å². The number of nitrogens with one attached hydrogen (secondary N) is 1. The SMILES string of the molecule is CN(C)CCCCNC(=O)[C@@H](N)CCc1ccccc1. The van der Waals surface area contributed by atoms with Gasteiger partial charge in [0.25, 0.3) is 0 Å². The van der Waals surface area contributed by atoms with Crippen molar-refractivity contribution in [2.24, 2.45) is 5.73 Å². The highest BCUT2D eigenvalue weighted by molar-refractivity contribution is 5.81. The van der Waals surface area contributed by atoms with Gasteiger partial charge in [-0.1, -0.05) is 30.3 Å². The smallest absolute Gasteiger partial charge is 0.236 e. The lowest BCUT2D eigenvalue weighted by atomic mass is 10.1. The Kier molecular flexibility index (Phi) is 7.92. The number of nitrogens with zero attached hydrogens (tertiary/aromatic N) is 1. The van der Waals surface area contributed by atoms with Crippen LogP contribution in [0.4, 0.5) is 0 Å². The van der Waals surface area contributed by atoms with Gasteiger partial charge in [0.1, 0.15) is 0 Å². The highest BCUT2D eigenvalue weighted by atomic mass is 16.2. The van der Waals surface area contributed by atoms with Gasteiger partial charge in [-0.3, -0.25) is 4.79 Å². The number of unbranched alkanes of at least 4 members (excludes halogenated alkanes) is 1. The van der Waals surface area contributed by atoms with Crippen molar-refractivity contribution >= 4 is 5.91 Å². The van der Waals surface area contributed by atoms with Crippen LogP contribution in [0.15, 0.2) is 30.3 Å². The molecule has 0 saturated carbocycles. The van der Waals surface area contributed by atoms with E-state index in [1.165, 1.54) is 5.56 Å². The molecular weight excluding hydrogens is 250 g/mol. The molecule has 4 heteroatoms. The molecule has 1 amide bonds. The van der Waals surface area contributed by atoms with E-state index in [-0.39, 0.29) is 5.91 Å². The third-order valence-corrected chi connectivity index (χ3v) is 3.25. The number of benzene rings is 1. The molecule has 0 aliphatic carbocycles. The molecule has 1 aromatic rings. The summed E-state index contributed by atoms with van der Waals surface area (Å²) in [4.78, 5) is 14.0. The normalized spacial score (nSPS) is 12.4. The highest BCUT2D eigenvalue weighted by Crippen LogP contribution is 2.04. The van der Waals surface area contributed by atoms with Gasteiger partial charge in [-0.15, -0.1) is 0 Å². The molecule has 1 aromatic carbocycles. The van der Waals surface area contributed by atoms with Crippen molar-refractivity contribution < 1.29 is 4.79 Å². The predicted octanol–water partition coefficient (Wildman–Crippen LogP) is 1.40. The summed E-state index contributed by atoms with van der Waals surface area (Å²) in [6.07, 6.45) is 3.62. The fourth-order valence-corrected chi connectivity index (χ4v) is 1.99. The molecule has 20 heavy (non-hydrogen) atoms. The van der Waals surface area contributed by atoms with E-state index >= 15 is 0 Å². The highest BCUT2D eigenvalue weighted by Gasteiger charge is 2.12. The summed E-state index contributed by atoms with van der Waals surface area (Å²) in [6.45, 7) is 1.77. The standard InChI is InChI=1S/C16H27N3O/c1-19(2)13-7-6-12-18-16(20)15(17)11-10-14-8-4-3-5-9-14/h3-5,8-9,15H,6-7,10-13,17H2,1-2H3,(H,18,20)/t15-/m0/s1. The van der Waals surface area contributed by atoms with Crippen LogP contribution >= 0.6 is 0 Å². The first-order valence-corrected chi connectivity index (χ1v) is 7.31. The van der Waals surface area contributed by atoms with E-state index in [0.29, 0.717) is 13.0 Å². The third kappa shape index (κ3) is 7.26. The first-order chi connectivity index (χ1) is 9.59. The number of hydrogen-bond donors (Lipinski definition) is 2. The molecule has 112 valence electrons. The second-order valence-electron chi connectivity index (χ2n) is 5.43. The molecular formula is C16H27N3O. The number of nitrogens with two attached hydrogens (primary N) is 1. The van der Waals surface area contributed by atoms with Crippen LogP contribution in [-0.2, 0) is 11.2 Å². The lowest BCUT2D eigenvalue weighted by molar-refractivity contribution is -0.122. The summed E-state index contributed by atoms with van der Waals surface area (Å²) in [7, 11) is 4.11. The van der Waals surface area contributed by atoms with E-state index in [9.17, 15) is 4.79 Å². The van der Waals surface area contributed by atoms with Gasteiger partial charge in [0.15, 0.2) is 0 Å². The molecule has 0 heterocycles. The number of carbonyl (C=O) groups is 1. The second kappa shape index (κ2) is 9.50. The van der Waals surface area contributed by atoms with Crippen LogP contribution in [-0.4, -0.2) is 44.0 Å². The fourth-order valence-electron chi connectivity index (χ4n) is 1.99. The van der Waals surface area contributed by atoms with Crippen molar-refractivity contribution in [3.8, 4) is 0 Å². The number of rotatable bonds is 9. The van der Waals surface area contributed by atoms with Gasteiger partial charge in [0.2, 0.25) is 5.91 Å². The van der Waals surface area contributed by atoms with Gasteiger partial charge in [0, 0.05) is 6.54 Å². The molecule has 0 aliphatic heterocycles. The second-order valence-corrected chi connectivity index (χ2v) is 5.43. The van der Waals surface area contributed by atoms with Crippen molar-refractivity contribution in [2.75, 3.05) is 27.2 Å². The summed E-state index contributed by atoms with van der Waals surface area (Å²) in [6, 6.07) is 9.71. The third-order valence-electron chi connectivity index (χ3n) is 3.25. The fraction of sp³-hybridized carbons (Fsp3) is 0.562. The quantitative estimate of drug-likeness (QED) is 0.671. The first kappa shape index (κ1) is 16.7. The zero-order chi connectivity index (χ0) is 14.8. The van der Waals surface area contributed by atoms with Crippen LogP contribution < -0.4 is 11.1 Å². The summed E-state index contributed by atoms with van der Waals surface area (Å²) in [5, 5.41) is 2.91. The Morgan fingerprint density at radius 1 is 1.25 bits per heavy atom. The largest absolute Gasteiger partial charge is 0.355 e. The average Bonchev–Trinajstić information content (AvgIpc) is 2.45. The maximum absolute atomic E-state index is 11.8. The first-order valence-electron chi connectivity index (χ1n) is 7.31. The van der Waals surface area contributed by atoms with Crippen LogP contribution in [0.5, 0.6) is 0 Å². The van der Waals surface area contributed by atoms with Gasteiger partial charge in [0.05, 0.1) is 6.04 Å². The van der Waals surface area contributed by atoms with E-state index in [1.807, 2.05) is 18.2 Å². The maximum atomic E-state index is 11.8. The molecule has 1 rings (SSSR count). The van der Waals surface area contributed by atoms with Crippen molar-refractivity contribution in [2.45, 2.75) is 31.7 Å². The summed E-state index contributed by atoms with van der Waals surface area (Å²) < 4.78 is 0. The van der Waals surface area contributed by atoms with E-state index in [1.54, 1.807) is 0 Å². The van der Waals surface area contributed by atoms with Crippen LogP contribution in [0.2, 0.25) is 0 Å². The van der Waals surface area contributed by atoms with E-state index < -0.39 is 6.04 Å². The Morgan fingerprint density at radius 3 is 2.60 bits per heavy atom. The Hall–Kier alpha value is -1.39. The molecule has 0 bridgehead atoms. The monoisotopic (exact) mass is 277 g/mol. The van der Waals surface area contributed by atoms with Crippen LogP contribution in [0.25, 0.3) is 0 Å². The van der Waals surface area contributed by atoms with Gasteiger partial charge in [-0.2, -0.15) is 0 Å². The van der Waals surface area contributed by atoms with Gasteiger partial charge < -0.3 is 16.0 Å². The summed E-state index contributed by atoms with van der Waals surface area (Å²) in [5.74, 6) is -0.0363. The zero-order valence-electron chi connectivity index (χ0n) is 12.6. The molecule has 0 aliphatic rings. The summed E-state index contributed by atoms with van der Waals surface area (Å²) >= 11 is 0. The maximum Gasteiger partial charge on any atom is 0.236 e. The summed E-state index contributed by atoms with van der Waals surface area (Å²) in [5.41, 5.74) is 7.13. The Bertz CT molecular complexity index is 379. The van der Waals surface area contributed by atoms with Crippen molar-refractivity contribution in [1.29, 1.82) is 0 Å². The molecule has 0 aromatic heterocycles. The van der Waals surface area contributed by atoms with Crippen molar-refractivity contribution in [3.63, 3.8) is 0 Å². The Balaban J connectivity index is 2.13. The van der Waals surface area contributed by atoms with Crippen molar-refractivity contribution in [1.82, 2.24) is 10.2 Å². The van der Waals surface area contributed by atoms with Gasteiger partial charge >= 0.3 is 0 Å². The number of aryl methyl sites for hydroxylation is 1. The van der Waals surface area contributed by atoms with Crippen molar-refractivity contribution in [3.05, 3.63) is 35.9 Å². The van der Waals surface area contributed by atoms with E-state index in [2.05, 4.69) is 36.4 Å². The Labute approximate surface area is 122 Å². The topological polar surface area (TPSA) is 58.4 Å². The molecule has 0 saturated heterocycles. The zero-order valence-corrected chi connectivity index (χ0v) is 12.6. The molecule has 0 unspecified atom stereocenters. The number of amides is 1. The molecule has 0 spiro atoms. The lowest BCUT2D eigenvalue weighted by Crippen LogP contribution is -2.41. The van der Waals surface area contributed by atoms with Gasteiger partial charge in [-0.05, 0) is 51.9 Å². The number of carbonyl (C=O) groups excluding carboxylic acids is 1. The average molecular weight is 277 g/mol. The molecule has 0 fully saturated rings. The Morgan fingerprint density at radius 2 is 1.95 bits per heavy atom. The van der Waals surface area contributed by atoms with E-state index in [4.69, 9.17) is 5.73 Å². The van der Waals surface area contributed by atoms with Crippen LogP contribution in [0, 0.1) is 0 Å². The number of hydrogen-bond acceptors (Lipinski definition) is 3. The molecule has 4 nitrogen and oxygen atoms in total. The predicted molar refractivity (Wildman–Crippen MR) is 83.5 cm³/mol. The van der Waals surface area contributed by atoms with Crippen LogP contribution in [0.3, 0.4) is 0 Å². The lowest BCUT2D eigenvalue weighted by Gasteiger charge is -2.13. The minimum absolute atomic E-state index is 0.0363. The van der Waals surface area contributed by atoms with E-state index in [0.717, 1.165) is 25.8 Å². The molecule has 3 N–H and O–H groups in total. The molecule has 0 radical (unpaired) electrons. The molecule has 1 atom stereocenters. The van der Waals surface area contributed by atoms with Crippen LogP contribution in [0.1, 0.15) is 24.8 Å². The minimum Gasteiger partial charge on any atom is -0.355 e.